The van der Waals surface area contributed by atoms with Gasteiger partial charge in [0.25, 0.3) is 0 Å². The highest BCUT2D eigenvalue weighted by atomic mass is 19.4. The number of hydrogen-bond donors (Lipinski definition) is 3. The highest BCUT2D eigenvalue weighted by molar-refractivity contribution is 6.14. The molecular weight excluding hydrogens is 345 g/mol. The lowest BCUT2D eigenvalue weighted by atomic mass is 9.96. The number of halogens is 3. The Bertz CT molecular complexity index is 813. The maximum Gasteiger partial charge on any atom is 0.433 e. The van der Waals surface area contributed by atoms with Crippen molar-refractivity contribution >= 4 is 11.9 Å². The van der Waals surface area contributed by atoms with Gasteiger partial charge in [-0.25, -0.2) is 4.99 Å². The summed E-state index contributed by atoms with van der Waals surface area (Å²) in [5.41, 5.74) is 3.43. The van der Waals surface area contributed by atoms with Crippen LogP contribution in [0.25, 0.3) is 0 Å². The van der Waals surface area contributed by atoms with Gasteiger partial charge in [-0.3, -0.25) is 5.10 Å². The molecule has 26 heavy (non-hydrogen) atoms. The van der Waals surface area contributed by atoms with Crippen molar-refractivity contribution in [3.05, 3.63) is 53.0 Å². The second-order valence-electron chi connectivity index (χ2n) is 5.92. The molecule has 0 bridgehead atoms. The van der Waals surface area contributed by atoms with Crippen LogP contribution < -0.4 is 10.7 Å². The van der Waals surface area contributed by atoms with Crippen molar-refractivity contribution in [1.82, 2.24) is 20.9 Å². The summed E-state index contributed by atoms with van der Waals surface area (Å²) in [6, 6.07) is 0.0653. The largest absolute Gasteiger partial charge is 0.433 e. The molecule has 2 aliphatic rings. The molecule has 6 nitrogen and oxygen atoms in total. The van der Waals surface area contributed by atoms with Crippen molar-refractivity contribution in [1.29, 1.82) is 0 Å². The quantitative estimate of drug-likeness (QED) is 0.702. The maximum absolute atomic E-state index is 13.3. The van der Waals surface area contributed by atoms with Crippen molar-refractivity contribution < 1.29 is 13.2 Å². The summed E-state index contributed by atoms with van der Waals surface area (Å²) in [6.07, 6.45) is 5.69. The lowest BCUT2D eigenvalue weighted by molar-refractivity contribution is -0.141. The zero-order valence-electron chi connectivity index (χ0n) is 14.3. The first-order valence-corrected chi connectivity index (χ1v) is 8.12. The Hall–Kier alpha value is -2.68. The minimum absolute atomic E-state index is 0.0322. The molecular formula is C17H19F3N6. The van der Waals surface area contributed by atoms with E-state index in [2.05, 4.69) is 25.9 Å². The number of hydrogen-bond acceptors (Lipinski definition) is 5. The van der Waals surface area contributed by atoms with E-state index in [1.807, 2.05) is 17.3 Å². The molecule has 1 aromatic heterocycles. The summed E-state index contributed by atoms with van der Waals surface area (Å²) in [4.78, 5) is 4.54. The van der Waals surface area contributed by atoms with E-state index >= 15 is 0 Å². The van der Waals surface area contributed by atoms with Crippen LogP contribution in [0.3, 0.4) is 0 Å². The van der Waals surface area contributed by atoms with Gasteiger partial charge in [-0.2, -0.15) is 23.4 Å². The summed E-state index contributed by atoms with van der Waals surface area (Å²) < 4.78 is 40.0. The molecule has 1 aliphatic heterocycles. The van der Waals surface area contributed by atoms with Gasteiger partial charge in [-0.05, 0) is 31.7 Å². The van der Waals surface area contributed by atoms with E-state index in [4.69, 9.17) is 0 Å². The molecule has 1 aliphatic carbocycles. The van der Waals surface area contributed by atoms with Gasteiger partial charge in [0.15, 0.2) is 0 Å². The number of allylic oxidation sites excluding steroid dienone is 2. The fourth-order valence-corrected chi connectivity index (χ4v) is 2.87. The van der Waals surface area contributed by atoms with Crippen molar-refractivity contribution in [3.63, 3.8) is 0 Å². The number of fused-ring (bicyclic) bond motifs is 1. The van der Waals surface area contributed by atoms with E-state index in [-0.39, 0.29) is 23.2 Å². The van der Waals surface area contributed by atoms with Crippen molar-refractivity contribution in [2.75, 3.05) is 13.6 Å². The summed E-state index contributed by atoms with van der Waals surface area (Å²) in [6.45, 7) is 2.15. The third-order valence-corrected chi connectivity index (χ3v) is 4.16. The van der Waals surface area contributed by atoms with Gasteiger partial charge in [0.1, 0.15) is 5.69 Å². The van der Waals surface area contributed by atoms with Crippen molar-refractivity contribution in [2.45, 2.75) is 19.1 Å². The molecule has 0 amide bonds. The van der Waals surface area contributed by atoms with Crippen LogP contribution in [0.1, 0.15) is 18.2 Å². The lowest BCUT2D eigenvalue weighted by Crippen LogP contribution is -2.26. The number of hydrazone groups is 1. The Morgan fingerprint density at radius 2 is 2.23 bits per heavy atom. The predicted octanol–water partition coefficient (Wildman–Crippen LogP) is 2.41. The molecule has 1 aromatic rings. The lowest BCUT2D eigenvalue weighted by Gasteiger charge is -2.17. The number of aromatic amines is 1. The predicted molar refractivity (Wildman–Crippen MR) is 93.9 cm³/mol. The van der Waals surface area contributed by atoms with E-state index in [1.54, 1.807) is 32.3 Å². The maximum atomic E-state index is 13.3. The number of rotatable bonds is 5. The third kappa shape index (κ3) is 3.62. The van der Waals surface area contributed by atoms with Gasteiger partial charge in [0.05, 0.1) is 29.2 Å². The van der Waals surface area contributed by atoms with Crippen molar-refractivity contribution in [2.24, 2.45) is 16.0 Å². The van der Waals surface area contributed by atoms with Gasteiger partial charge in [0, 0.05) is 18.7 Å². The Labute approximate surface area is 148 Å². The second kappa shape index (κ2) is 7.28. The summed E-state index contributed by atoms with van der Waals surface area (Å²) in [7, 11) is 1.73. The molecule has 9 heteroatoms. The van der Waals surface area contributed by atoms with Crippen LogP contribution in [-0.4, -0.2) is 41.8 Å². The summed E-state index contributed by atoms with van der Waals surface area (Å²) in [5.74, 6) is 0.0322. The number of nitrogens with one attached hydrogen (secondary N) is 3. The second-order valence-corrected chi connectivity index (χ2v) is 5.92. The highest BCUT2D eigenvalue weighted by Crippen LogP contribution is 2.32. The molecule has 2 heterocycles. The average Bonchev–Trinajstić information content (AvgIpc) is 3.25. The van der Waals surface area contributed by atoms with Crippen LogP contribution in [-0.2, 0) is 6.18 Å². The van der Waals surface area contributed by atoms with E-state index in [0.29, 0.717) is 17.8 Å². The number of aliphatic imine (C=N–C) groups is 1. The first-order chi connectivity index (χ1) is 12.4. The molecule has 0 saturated carbocycles. The number of aromatic nitrogens is 2. The first kappa shape index (κ1) is 18.1. The molecule has 138 valence electrons. The summed E-state index contributed by atoms with van der Waals surface area (Å²) >= 11 is 0. The Balaban J connectivity index is 2.07. The molecule has 2 unspecified atom stereocenters. The number of H-pyrrole nitrogens is 1. The van der Waals surface area contributed by atoms with Crippen LogP contribution >= 0.6 is 0 Å². The fraction of sp³-hybridized carbons (Fsp3) is 0.353. The van der Waals surface area contributed by atoms with Crippen LogP contribution in [0.5, 0.6) is 0 Å². The van der Waals surface area contributed by atoms with Crippen LogP contribution in [0.2, 0.25) is 0 Å². The fourth-order valence-electron chi connectivity index (χ4n) is 2.87. The van der Waals surface area contributed by atoms with E-state index < -0.39 is 11.9 Å². The molecule has 0 aromatic carbocycles. The van der Waals surface area contributed by atoms with Gasteiger partial charge >= 0.3 is 6.18 Å². The zero-order chi connectivity index (χ0) is 18.7. The molecule has 2 atom stereocenters. The topological polar surface area (TPSA) is 77.5 Å². The number of nitrogens with zero attached hydrogens (tertiary/aromatic N) is 3. The smallest absolute Gasteiger partial charge is 0.316 e. The van der Waals surface area contributed by atoms with E-state index in [0.717, 1.165) is 6.20 Å². The summed E-state index contributed by atoms with van der Waals surface area (Å²) in [5, 5.41) is 12.6. The standard InChI is InChI=1S/C17H19F3N6/c1-3-10(7-21-2)15(13-9-23-26-16(13)17(18,19)20)24-12-4-5-14-11(6-12)8-22-25-14/h3-6,8-9,11,14,21,25H,7H2,1-2H3,(H,23,26)/b10-3+,24-15?. The Kier molecular flexibility index (Phi) is 5.08. The van der Waals surface area contributed by atoms with E-state index in [9.17, 15) is 13.2 Å². The minimum atomic E-state index is -4.55. The van der Waals surface area contributed by atoms with Gasteiger partial charge in [-0.15, -0.1) is 0 Å². The van der Waals surface area contributed by atoms with Crippen LogP contribution in [0.4, 0.5) is 13.2 Å². The molecule has 0 fully saturated rings. The van der Waals surface area contributed by atoms with E-state index in [1.165, 1.54) is 0 Å². The molecule has 0 spiro atoms. The van der Waals surface area contributed by atoms with Crippen LogP contribution in [0, 0.1) is 5.92 Å². The number of likely N-dealkylation sites (N-methyl/N-ethyl adjacent to an activating group) is 1. The number of alkyl halides is 3. The van der Waals surface area contributed by atoms with Gasteiger partial charge in [0.2, 0.25) is 0 Å². The first-order valence-electron chi connectivity index (χ1n) is 8.12. The molecule has 0 radical (unpaired) electrons. The zero-order valence-corrected chi connectivity index (χ0v) is 14.3. The van der Waals surface area contributed by atoms with Gasteiger partial charge < -0.3 is 10.7 Å². The monoisotopic (exact) mass is 364 g/mol. The van der Waals surface area contributed by atoms with Gasteiger partial charge in [-0.1, -0.05) is 12.2 Å². The molecule has 0 saturated heterocycles. The Morgan fingerprint density at radius 1 is 1.42 bits per heavy atom. The average molecular weight is 364 g/mol. The minimum Gasteiger partial charge on any atom is -0.316 e. The third-order valence-electron chi connectivity index (χ3n) is 4.16. The highest BCUT2D eigenvalue weighted by Gasteiger charge is 2.37. The van der Waals surface area contributed by atoms with Crippen LogP contribution in [0.15, 0.2) is 51.9 Å². The molecule has 3 N–H and O–H groups in total. The SMILES string of the molecule is C/C=C(\CNC)C(=NC1=CC2C=NNC2C=C1)c1cn[nH]c1C(F)(F)F. The van der Waals surface area contributed by atoms with Crippen molar-refractivity contribution in [3.8, 4) is 0 Å². The normalized spacial score (nSPS) is 23.0. The Morgan fingerprint density at radius 3 is 2.92 bits per heavy atom. The molecule has 3 rings (SSSR count).